The van der Waals surface area contributed by atoms with Crippen LogP contribution in [-0.2, 0) is 10.3 Å². The summed E-state index contributed by atoms with van der Waals surface area (Å²) in [7, 11) is 1.83. The molecule has 0 aromatic heterocycles. The molecule has 2 N–H and O–H groups in total. The first-order valence-corrected chi connectivity index (χ1v) is 7.04. The van der Waals surface area contributed by atoms with Gasteiger partial charge in [0, 0.05) is 25.6 Å². The van der Waals surface area contributed by atoms with Gasteiger partial charge in [0.2, 0.25) is 5.91 Å². The molecule has 0 radical (unpaired) electrons. The number of benzene rings is 1. The average Bonchev–Trinajstić information content (AvgIpc) is 2.99. The number of hydrogen-bond acceptors (Lipinski definition) is 3. The first-order valence-electron chi connectivity index (χ1n) is 7.04. The van der Waals surface area contributed by atoms with Crippen LogP contribution in [0.3, 0.4) is 0 Å². The summed E-state index contributed by atoms with van der Waals surface area (Å²) in [4.78, 5) is 11.6. The Morgan fingerprint density at radius 3 is 2.63 bits per heavy atom. The van der Waals surface area contributed by atoms with Crippen molar-refractivity contribution in [3.63, 3.8) is 0 Å². The standard InChI is InChI=1S/C15H21N3O/c1-17-14(19)7-10-18(17)13-6-4-5-12(11-13)15(16)8-2-3-9-15/h4-6,11H,2-3,7-10,16H2,1H3. The van der Waals surface area contributed by atoms with Gasteiger partial charge >= 0.3 is 0 Å². The van der Waals surface area contributed by atoms with E-state index in [1.54, 1.807) is 5.01 Å². The van der Waals surface area contributed by atoms with E-state index in [1.165, 1.54) is 18.4 Å². The van der Waals surface area contributed by atoms with Crippen LogP contribution in [0.5, 0.6) is 0 Å². The van der Waals surface area contributed by atoms with E-state index in [2.05, 4.69) is 18.2 Å². The van der Waals surface area contributed by atoms with Crippen molar-refractivity contribution in [3.8, 4) is 0 Å². The van der Waals surface area contributed by atoms with E-state index < -0.39 is 0 Å². The zero-order valence-corrected chi connectivity index (χ0v) is 11.4. The summed E-state index contributed by atoms with van der Waals surface area (Å²) in [5, 5.41) is 3.74. The molecule has 1 amide bonds. The van der Waals surface area contributed by atoms with E-state index in [0.29, 0.717) is 6.42 Å². The second-order valence-corrected chi connectivity index (χ2v) is 5.70. The van der Waals surface area contributed by atoms with Crippen LogP contribution < -0.4 is 10.7 Å². The predicted octanol–water partition coefficient (Wildman–Crippen LogP) is 2.00. The number of nitrogens with two attached hydrogens (primary N) is 1. The summed E-state index contributed by atoms with van der Waals surface area (Å²) < 4.78 is 0. The molecule has 1 aliphatic carbocycles. The minimum absolute atomic E-state index is 0.168. The summed E-state index contributed by atoms with van der Waals surface area (Å²) in [6.45, 7) is 0.760. The van der Waals surface area contributed by atoms with E-state index in [-0.39, 0.29) is 11.4 Å². The minimum atomic E-state index is -0.168. The molecule has 0 spiro atoms. The molecule has 0 atom stereocenters. The van der Waals surface area contributed by atoms with Crippen LogP contribution in [0.25, 0.3) is 0 Å². The second-order valence-electron chi connectivity index (χ2n) is 5.70. The van der Waals surface area contributed by atoms with Crippen LogP contribution in [0.1, 0.15) is 37.7 Å². The van der Waals surface area contributed by atoms with E-state index >= 15 is 0 Å². The molecular weight excluding hydrogens is 238 g/mol. The van der Waals surface area contributed by atoms with Crippen LogP contribution in [0.4, 0.5) is 5.69 Å². The van der Waals surface area contributed by atoms with Gasteiger partial charge in [-0.3, -0.25) is 14.8 Å². The summed E-state index contributed by atoms with van der Waals surface area (Å²) >= 11 is 0. The number of amides is 1. The molecule has 1 aliphatic heterocycles. The Labute approximate surface area is 114 Å². The first-order chi connectivity index (χ1) is 9.10. The molecule has 4 heteroatoms. The van der Waals surface area contributed by atoms with Gasteiger partial charge in [0.15, 0.2) is 0 Å². The molecule has 3 rings (SSSR count). The molecule has 1 heterocycles. The second kappa shape index (κ2) is 4.53. The molecule has 1 aromatic carbocycles. The number of anilines is 1. The number of nitrogens with zero attached hydrogens (tertiary/aromatic N) is 2. The van der Waals surface area contributed by atoms with Crippen molar-refractivity contribution in [3.05, 3.63) is 29.8 Å². The number of carbonyl (C=O) groups is 1. The van der Waals surface area contributed by atoms with Crippen LogP contribution in [0.2, 0.25) is 0 Å². The van der Waals surface area contributed by atoms with Crippen LogP contribution >= 0.6 is 0 Å². The molecule has 2 aliphatic rings. The van der Waals surface area contributed by atoms with Crippen molar-refractivity contribution in [1.29, 1.82) is 0 Å². The maximum atomic E-state index is 11.6. The highest BCUT2D eigenvalue weighted by molar-refractivity contribution is 5.81. The lowest BCUT2D eigenvalue weighted by molar-refractivity contribution is -0.126. The fraction of sp³-hybridized carbons (Fsp3) is 0.533. The largest absolute Gasteiger partial charge is 0.321 e. The van der Waals surface area contributed by atoms with E-state index in [4.69, 9.17) is 5.73 Å². The van der Waals surface area contributed by atoms with Crippen molar-refractivity contribution in [1.82, 2.24) is 5.01 Å². The predicted molar refractivity (Wildman–Crippen MR) is 75.5 cm³/mol. The monoisotopic (exact) mass is 259 g/mol. The van der Waals surface area contributed by atoms with Gasteiger partial charge in [-0.25, -0.2) is 0 Å². The molecule has 1 saturated heterocycles. The maximum Gasteiger partial charge on any atom is 0.242 e. The molecular formula is C15H21N3O. The van der Waals surface area contributed by atoms with Crippen LogP contribution in [-0.4, -0.2) is 24.5 Å². The van der Waals surface area contributed by atoms with Crippen molar-refractivity contribution in [2.45, 2.75) is 37.6 Å². The van der Waals surface area contributed by atoms with Crippen LogP contribution in [0, 0.1) is 0 Å². The topological polar surface area (TPSA) is 49.6 Å². The molecule has 2 fully saturated rings. The lowest BCUT2D eigenvalue weighted by Crippen LogP contribution is -2.36. The third kappa shape index (κ3) is 2.10. The third-order valence-corrected chi connectivity index (χ3v) is 4.48. The maximum absolute atomic E-state index is 11.6. The van der Waals surface area contributed by atoms with Gasteiger partial charge in [-0.2, -0.15) is 0 Å². The summed E-state index contributed by atoms with van der Waals surface area (Å²) in [6.07, 6.45) is 5.14. The summed E-state index contributed by atoms with van der Waals surface area (Å²) in [5.74, 6) is 0.175. The van der Waals surface area contributed by atoms with E-state index in [1.807, 2.05) is 18.1 Å². The van der Waals surface area contributed by atoms with Crippen molar-refractivity contribution in [2.24, 2.45) is 5.73 Å². The number of hydrazine groups is 1. The molecule has 4 nitrogen and oxygen atoms in total. The summed E-state index contributed by atoms with van der Waals surface area (Å²) in [6, 6.07) is 8.37. The SMILES string of the molecule is CN1C(=O)CCN1c1cccc(C2(N)CCCC2)c1. The smallest absolute Gasteiger partial charge is 0.242 e. The van der Waals surface area contributed by atoms with E-state index in [0.717, 1.165) is 25.1 Å². The Balaban J connectivity index is 1.90. The molecule has 102 valence electrons. The molecule has 0 unspecified atom stereocenters. The fourth-order valence-corrected chi connectivity index (χ4v) is 3.22. The molecule has 1 saturated carbocycles. The fourth-order valence-electron chi connectivity index (χ4n) is 3.22. The van der Waals surface area contributed by atoms with Crippen molar-refractivity contribution < 1.29 is 4.79 Å². The zero-order valence-electron chi connectivity index (χ0n) is 11.4. The van der Waals surface area contributed by atoms with E-state index in [9.17, 15) is 4.79 Å². The first kappa shape index (κ1) is 12.5. The van der Waals surface area contributed by atoms with Gasteiger partial charge in [0.1, 0.15) is 0 Å². The lowest BCUT2D eigenvalue weighted by Gasteiger charge is -2.29. The quantitative estimate of drug-likeness (QED) is 0.883. The Morgan fingerprint density at radius 1 is 1.26 bits per heavy atom. The summed E-state index contributed by atoms with van der Waals surface area (Å²) in [5.41, 5.74) is 8.62. The number of rotatable bonds is 2. The lowest BCUT2D eigenvalue weighted by atomic mass is 9.89. The normalized spacial score (nSPS) is 22.3. The van der Waals surface area contributed by atoms with Gasteiger partial charge < -0.3 is 5.73 Å². The Kier molecular flexibility index (Phi) is 2.97. The Morgan fingerprint density at radius 2 is 2.00 bits per heavy atom. The van der Waals surface area contributed by atoms with Gasteiger partial charge in [0.25, 0.3) is 0 Å². The number of carbonyl (C=O) groups excluding carboxylic acids is 1. The van der Waals surface area contributed by atoms with Gasteiger partial charge in [-0.15, -0.1) is 0 Å². The third-order valence-electron chi connectivity index (χ3n) is 4.48. The van der Waals surface area contributed by atoms with Gasteiger partial charge in [-0.05, 0) is 30.5 Å². The Hall–Kier alpha value is -1.55. The van der Waals surface area contributed by atoms with Gasteiger partial charge in [0.05, 0.1) is 5.69 Å². The van der Waals surface area contributed by atoms with Crippen LogP contribution in [0.15, 0.2) is 24.3 Å². The van der Waals surface area contributed by atoms with Crippen molar-refractivity contribution in [2.75, 3.05) is 18.6 Å². The highest BCUT2D eigenvalue weighted by Crippen LogP contribution is 2.37. The number of hydrogen-bond donors (Lipinski definition) is 1. The highest BCUT2D eigenvalue weighted by atomic mass is 16.2. The highest BCUT2D eigenvalue weighted by Gasteiger charge is 2.32. The molecule has 1 aromatic rings. The minimum Gasteiger partial charge on any atom is -0.321 e. The molecule has 0 bridgehead atoms. The molecule has 19 heavy (non-hydrogen) atoms. The Bertz CT molecular complexity index is 494. The van der Waals surface area contributed by atoms with Crippen molar-refractivity contribution >= 4 is 11.6 Å². The zero-order chi connectivity index (χ0) is 13.5. The average molecular weight is 259 g/mol. The van der Waals surface area contributed by atoms with Gasteiger partial charge in [-0.1, -0.05) is 25.0 Å².